The number of hydrogen-bond acceptors (Lipinski definition) is 6. The molecule has 2 heterocycles. The van der Waals surface area contributed by atoms with E-state index in [4.69, 9.17) is 9.26 Å². The van der Waals surface area contributed by atoms with E-state index < -0.39 is 0 Å². The van der Waals surface area contributed by atoms with Crippen LogP contribution in [0.25, 0.3) is 11.4 Å². The molecule has 1 saturated heterocycles. The third-order valence-corrected chi connectivity index (χ3v) is 6.08. The Balaban J connectivity index is 1.20. The van der Waals surface area contributed by atoms with E-state index in [9.17, 15) is 4.79 Å². The summed E-state index contributed by atoms with van der Waals surface area (Å²) in [6.45, 7) is 8.77. The number of nitrogens with zero attached hydrogens (tertiary/aromatic N) is 3. The molecule has 2 aromatic carbocycles. The lowest BCUT2D eigenvalue weighted by atomic mass is 9.95. The van der Waals surface area contributed by atoms with Gasteiger partial charge in [0, 0.05) is 11.5 Å². The monoisotopic (exact) mass is 448 g/mol. The Kier molecular flexibility index (Phi) is 7.40. The summed E-state index contributed by atoms with van der Waals surface area (Å²) in [5.74, 6) is 2.18. The number of carbonyl (C=O) groups is 1. The first kappa shape index (κ1) is 23.0. The second-order valence-corrected chi connectivity index (χ2v) is 8.91. The van der Waals surface area contributed by atoms with Crippen LogP contribution >= 0.6 is 0 Å². The largest absolute Gasteiger partial charge is 0.491 e. The van der Waals surface area contributed by atoms with E-state index >= 15 is 0 Å². The van der Waals surface area contributed by atoms with Crippen LogP contribution in [0.5, 0.6) is 5.75 Å². The lowest BCUT2D eigenvalue weighted by Gasteiger charge is -2.30. The fourth-order valence-electron chi connectivity index (χ4n) is 4.05. The van der Waals surface area contributed by atoms with Gasteiger partial charge in [-0.2, -0.15) is 4.98 Å². The lowest BCUT2D eigenvalue weighted by molar-refractivity contribution is -0.127. The number of nitrogens with one attached hydrogen (secondary N) is 1. The molecule has 3 aromatic rings. The van der Waals surface area contributed by atoms with Crippen molar-refractivity contribution in [3.05, 3.63) is 65.5 Å². The van der Waals surface area contributed by atoms with Crippen LogP contribution in [0.15, 0.2) is 53.1 Å². The zero-order valence-corrected chi connectivity index (χ0v) is 19.6. The normalized spacial score (nSPS) is 15.8. The average Bonchev–Trinajstić information content (AvgIpc) is 3.27. The Labute approximate surface area is 195 Å². The van der Waals surface area contributed by atoms with E-state index in [0.717, 1.165) is 42.8 Å². The summed E-state index contributed by atoms with van der Waals surface area (Å²) in [5, 5.41) is 7.24. The van der Waals surface area contributed by atoms with Crippen molar-refractivity contribution in [1.29, 1.82) is 0 Å². The number of aromatic nitrogens is 2. The molecule has 1 fully saturated rings. The zero-order valence-electron chi connectivity index (χ0n) is 19.6. The summed E-state index contributed by atoms with van der Waals surface area (Å²) >= 11 is 0. The summed E-state index contributed by atoms with van der Waals surface area (Å²) in [4.78, 5) is 19.5. The van der Waals surface area contributed by atoms with Crippen LogP contribution in [0.2, 0.25) is 0 Å². The molecule has 1 N–H and O–H groups in total. The Morgan fingerprint density at radius 2 is 1.88 bits per heavy atom. The quantitative estimate of drug-likeness (QED) is 0.558. The van der Waals surface area contributed by atoms with Crippen molar-refractivity contribution < 1.29 is 14.1 Å². The molecule has 1 atom stereocenters. The molecule has 7 nitrogen and oxygen atoms in total. The van der Waals surface area contributed by atoms with E-state index in [0.29, 0.717) is 24.9 Å². The predicted octanol–water partition coefficient (Wildman–Crippen LogP) is 4.15. The Morgan fingerprint density at radius 1 is 1.15 bits per heavy atom. The van der Waals surface area contributed by atoms with Crippen molar-refractivity contribution in [3.8, 4) is 17.1 Å². The summed E-state index contributed by atoms with van der Waals surface area (Å²) in [5.41, 5.74) is 3.30. The fraction of sp³-hybridized carbons (Fsp3) is 0.423. The molecule has 0 aliphatic carbocycles. The second kappa shape index (κ2) is 10.6. The molecular formula is C26H32N4O3. The molecule has 33 heavy (non-hydrogen) atoms. The van der Waals surface area contributed by atoms with Gasteiger partial charge < -0.3 is 14.6 Å². The number of amides is 1. The molecule has 4 rings (SSSR count). The molecule has 1 aliphatic heterocycles. The van der Waals surface area contributed by atoms with Crippen molar-refractivity contribution in [1.82, 2.24) is 20.4 Å². The van der Waals surface area contributed by atoms with Gasteiger partial charge in [0.15, 0.2) is 0 Å². The number of ether oxygens (including phenoxy) is 1. The summed E-state index contributed by atoms with van der Waals surface area (Å²) < 4.78 is 11.3. The SMILES string of the molecule is Cc1ccc(OCC(C)NC(=O)C2CCN(Cc3nc(-c4ccccc4C)no3)CC2)cc1. The maximum absolute atomic E-state index is 12.7. The highest BCUT2D eigenvalue weighted by molar-refractivity contribution is 5.79. The van der Waals surface area contributed by atoms with E-state index in [1.165, 1.54) is 5.56 Å². The van der Waals surface area contributed by atoms with Gasteiger partial charge in [-0.15, -0.1) is 0 Å². The minimum Gasteiger partial charge on any atom is -0.491 e. The molecule has 0 bridgehead atoms. The molecule has 1 aromatic heterocycles. The third kappa shape index (κ3) is 6.20. The molecule has 1 aliphatic rings. The minimum absolute atomic E-state index is 0.0216. The zero-order chi connectivity index (χ0) is 23.2. The van der Waals surface area contributed by atoms with Gasteiger partial charge >= 0.3 is 0 Å². The number of carbonyl (C=O) groups excluding carboxylic acids is 1. The van der Waals surface area contributed by atoms with Crippen molar-refractivity contribution in [2.45, 2.75) is 46.2 Å². The first-order valence-electron chi connectivity index (χ1n) is 11.6. The average molecular weight is 449 g/mol. The first-order chi connectivity index (χ1) is 16.0. The van der Waals surface area contributed by atoms with Crippen LogP contribution < -0.4 is 10.1 Å². The lowest BCUT2D eigenvalue weighted by Crippen LogP contribution is -2.44. The van der Waals surface area contributed by atoms with Gasteiger partial charge in [-0.05, 0) is 64.4 Å². The van der Waals surface area contributed by atoms with Crippen LogP contribution in [-0.2, 0) is 11.3 Å². The molecule has 7 heteroatoms. The smallest absolute Gasteiger partial charge is 0.241 e. The van der Waals surface area contributed by atoms with Crippen LogP contribution in [0.1, 0.15) is 36.8 Å². The number of aryl methyl sites for hydroxylation is 2. The summed E-state index contributed by atoms with van der Waals surface area (Å²) in [6.07, 6.45) is 1.63. The number of piperidine rings is 1. The standard InChI is InChI=1S/C26H32N4O3/c1-18-8-10-22(11-9-18)32-17-20(3)27-26(31)21-12-14-30(15-13-21)16-24-28-25(29-33-24)23-7-5-4-6-19(23)2/h4-11,20-21H,12-17H2,1-3H3,(H,27,31). The highest BCUT2D eigenvalue weighted by Crippen LogP contribution is 2.22. The third-order valence-electron chi connectivity index (χ3n) is 6.08. The van der Waals surface area contributed by atoms with Crippen LogP contribution in [0.4, 0.5) is 0 Å². The molecule has 0 saturated carbocycles. The molecule has 1 amide bonds. The highest BCUT2D eigenvalue weighted by atomic mass is 16.5. The molecule has 1 unspecified atom stereocenters. The van der Waals surface area contributed by atoms with E-state index in [1.54, 1.807) is 0 Å². The van der Waals surface area contributed by atoms with Gasteiger partial charge in [0.25, 0.3) is 0 Å². The predicted molar refractivity (Wildman–Crippen MR) is 127 cm³/mol. The topological polar surface area (TPSA) is 80.5 Å². The van der Waals surface area contributed by atoms with Crippen LogP contribution in [-0.4, -0.2) is 46.7 Å². The van der Waals surface area contributed by atoms with Gasteiger partial charge in [-0.3, -0.25) is 9.69 Å². The minimum atomic E-state index is -0.0462. The number of benzene rings is 2. The van der Waals surface area contributed by atoms with E-state index in [-0.39, 0.29) is 17.9 Å². The van der Waals surface area contributed by atoms with Gasteiger partial charge in [0.2, 0.25) is 17.6 Å². The Bertz CT molecular complexity index is 1060. The molecule has 174 valence electrons. The van der Waals surface area contributed by atoms with Crippen molar-refractivity contribution in [2.75, 3.05) is 19.7 Å². The highest BCUT2D eigenvalue weighted by Gasteiger charge is 2.27. The van der Waals surface area contributed by atoms with Gasteiger partial charge in [-0.25, -0.2) is 0 Å². The van der Waals surface area contributed by atoms with Crippen molar-refractivity contribution >= 4 is 5.91 Å². The second-order valence-electron chi connectivity index (χ2n) is 8.91. The Morgan fingerprint density at radius 3 is 2.61 bits per heavy atom. The van der Waals surface area contributed by atoms with Gasteiger partial charge in [0.05, 0.1) is 12.6 Å². The van der Waals surface area contributed by atoms with Gasteiger partial charge in [-0.1, -0.05) is 47.1 Å². The molecular weight excluding hydrogens is 416 g/mol. The molecule has 0 radical (unpaired) electrons. The maximum atomic E-state index is 12.7. The maximum Gasteiger partial charge on any atom is 0.241 e. The van der Waals surface area contributed by atoms with Crippen molar-refractivity contribution in [2.24, 2.45) is 5.92 Å². The first-order valence-corrected chi connectivity index (χ1v) is 11.6. The number of hydrogen-bond donors (Lipinski definition) is 1. The van der Waals surface area contributed by atoms with Crippen LogP contribution in [0, 0.1) is 19.8 Å². The fourth-order valence-corrected chi connectivity index (χ4v) is 4.05. The summed E-state index contributed by atoms with van der Waals surface area (Å²) in [7, 11) is 0. The summed E-state index contributed by atoms with van der Waals surface area (Å²) in [6, 6.07) is 15.9. The van der Waals surface area contributed by atoms with Crippen LogP contribution in [0.3, 0.4) is 0 Å². The number of likely N-dealkylation sites (tertiary alicyclic amines) is 1. The van der Waals surface area contributed by atoms with Crippen molar-refractivity contribution in [3.63, 3.8) is 0 Å². The number of rotatable bonds is 8. The van der Waals surface area contributed by atoms with Gasteiger partial charge in [0.1, 0.15) is 12.4 Å². The van der Waals surface area contributed by atoms with E-state index in [2.05, 4.69) is 20.4 Å². The molecule has 0 spiro atoms. The van der Waals surface area contributed by atoms with E-state index in [1.807, 2.05) is 69.3 Å². The Hall–Kier alpha value is -3.19.